The van der Waals surface area contributed by atoms with Gasteiger partial charge in [0, 0.05) is 5.57 Å². The first kappa shape index (κ1) is 11.3. The molecule has 0 spiro atoms. The number of hydrogen-bond donors (Lipinski definition) is 0. The van der Waals surface area contributed by atoms with Crippen LogP contribution in [0.15, 0.2) is 11.5 Å². The van der Waals surface area contributed by atoms with E-state index >= 15 is 0 Å². The molecule has 0 bridgehead atoms. The SMILES string of the molecule is C/C(C#N)=C\B1OC(C)(C)C(C)(C)O1. The minimum atomic E-state index is -0.403. The summed E-state index contributed by atoms with van der Waals surface area (Å²) in [6.45, 7) is 9.70. The van der Waals surface area contributed by atoms with Crippen molar-refractivity contribution >= 4 is 7.12 Å². The number of allylic oxidation sites excluding steroid dienone is 1. The predicted octanol–water partition coefficient (Wildman–Crippen LogP) is 2.09. The van der Waals surface area contributed by atoms with E-state index in [9.17, 15) is 0 Å². The third-order valence-electron chi connectivity index (χ3n) is 2.83. The van der Waals surface area contributed by atoms with Crippen molar-refractivity contribution in [1.82, 2.24) is 0 Å². The van der Waals surface area contributed by atoms with Crippen LogP contribution in [0.4, 0.5) is 0 Å². The van der Waals surface area contributed by atoms with Gasteiger partial charge in [0.05, 0.1) is 17.3 Å². The van der Waals surface area contributed by atoms with Gasteiger partial charge in [-0.2, -0.15) is 5.26 Å². The van der Waals surface area contributed by atoms with Crippen molar-refractivity contribution in [3.05, 3.63) is 11.5 Å². The number of hydrogen-bond acceptors (Lipinski definition) is 3. The van der Waals surface area contributed by atoms with E-state index < -0.39 is 7.12 Å². The van der Waals surface area contributed by atoms with Gasteiger partial charge in [-0.15, -0.1) is 0 Å². The van der Waals surface area contributed by atoms with Crippen molar-refractivity contribution < 1.29 is 9.31 Å². The van der Waals surface area contributed by atoms with Crippen LogP contribution in [0.3, 0.4) is 0 Å². The quantitative estimate of drug-likeness (QED) is 0.473. The van der Waals surface area contributed by atoms with Crippen LogP contribution in [0.5, 0.6) is 0 Å². The maximum absolute atomic E-state index is 8.63. The lowest BCUT2D eigenvalue weighted by molar-refractivity contribution is 0.00578. The maximum Gasteiger partial charge on any atom is 0.488 e. The second-order valence-corrected chi connectivity index (χ2v) is 4.59. The number of rotatable bonds is 1. The van der Waals surface area contributed by atoms with E-state index in [1.807, 2.05) is 33.8 Å². The summed E-state index contributed by atoms with van der Waals surface area (Å²) in [5, 5.41) is 8.63. The van der Waals surface area contributed by atoms with Gasteiger partial charge in [-0.3, -0.25) is 0 Å². The second kappa shape index (κ2) is 3.41. The van der Waals surface area contributed by atoms with Gasteiger partial charge in [0.2, 0.25) is 0 Å². The van der Waals surface area contributed by atoms with E-state index in [2.05, 4.69) is 0 Å². The van der Waals surface area contributed by atoms with Crippen LogP contribution in [-0.2, 0) is 9.31 Å². The van der Waals surface area contributed by atoms with Crippen LogP contribution in [0, 0.1) is 11.3 Å². The molecule has 0 saturated carbocycles. The Labute approximate surface area is 85.8 Å². The van der Waals surface area contributed by atoms with Gasteiger partial charge in [0.25, 0.3) is 0 Å². The molecule has 1 aliphatic heterocycles. The van der Waals surface area contributed by atoms with Gasteiger partial charge in [-0.1, -0.05) is 0 Å². The Morgan fingerprint density at radius 1 is 1.21 bits per heavy atom. The largest absolute Gasteiger partial charge is 0.488 e. The lowest BCUT2D eigenvalue weighted by Gasteiger charge is -2.32. The summed E-state index contributed by atoms with van der Waals surface area (Å²) >= 11 is 0. The van der Waals surface area contributed by atoms with E-state index in [-0.39, 0.29) is 11.2 Å². The monoisotopic (exact) mass is 193 g/mol. The topological polar surface area (TPSA) is 42.2 Å². The molecule has 0 aliphatic carbocycles. The van der Waals surface area contributed by atoms with Crippen LogP contribution in [0.2, 0.25) is 0 Å². The summed E-state index contributed by atoms with van der Waals surface area (Å²) in [5.41, 5.74) is -0.0446. The Morgan fingerprint density at radius 2 is 1.64 bits per heavy atom. The second-order valence-electron chi connectivity index (χ2n) is 4.59. The zero-order valence-electron chi connectivity index (χ0n) is 9.42. The third-order valence-corrected chi connectivity index (χ3v) is 2.83. The molecule has 1 fully saturated rings. The number of nitriles is 1. The van der Waals surface area contributed by atoms with Gasteiger partial charge >= 0.3 is 7.12 Å². The fourth-order valence-corrected chi connectivity index (χ4v) is 1.20. The molecule has 0 atom stereocenters. The molecule has 1 aliphatic rings. The molecular weight excluding hydrogens is 177 g/mol. The molecule has 0 aromatic heterocycles. The highest BCUT2D eigenvalue weighted by molar-refractivity contribution is 6.51. The Kier molecular flexibility index (Phi) is 2.75. The normalized spacial score (nSPS) is 24.9. The molecule has 76 valence electrons. The van der Waals surface area contributed by atoms with Gasteiger partial charge in [0.15, 0.2) is 0 Å². The Morgan fingerprint density at radius 3 is 2.00 bits per heavy atom. The molecule has 1 rings (SSSR count). The molecule has 0 aromatic carbocycles. The fourth-order valence-electron chi connectivity index (χ4n) is 1.20. The van der Waals surface area contributed by atoms with Crippen LogP contribution in [-0.4, -0.2) is 18.3 Å². The fraction of sp³-hybridized carbons (Fsp3) is 0.700. The average Bonchev–Trinajstić information content (AvgIpc) is 2.20. The molecule has 0 aromatic rings. The van der Waals surface area contributed by atoms with Crippen LogP contribution < -0.4 is 0 Å². The van der Waals surface area contributed by atoms with E-state index in [1.54, 1.807) is 12.9 Å². The van der Waals surface area contributed by atoms with E-state index in [4.69, 9.17) is 14.6 Å². The molecule has 3 nitrogen and oxygen atoms in total. The highest BCUT2D eigenvalue weighted by Gasteiger charge is 2.50. The van der Waals surface area contributed by atoms with Crippen LogP contribution >= 0.6 is 0 Å². The van der Waals surface area contributed by atoms with E-state index in [0.717, 1.165) is 0 Å². The molecule has 1 heterocycles. The Balaban J connectivity index is 2.80. The standard InChI is InChI=1S/C10H16BNO2/c1-8(7-12)6-11-13-9(2,3)10(4,5)14-11/h6H,1-5H3/b8-6+. The first-order valence-electron chi connectivity index (χ1n) is 4.73. The first-order valence-corrected chi connectivity index (χ1v) is 4.73. The Bertz CT molecular complexity index is 286. The van der Waals surface area contributed by atoms with Gasteiger partial charge in [-0.25, -0.2) is 0 Å². The first-order chi connectivity index (χ1) is 6.28. The zero-order chi connectivity index (χ0) is 11.0. The molecule has 0 unspecified atom stereocenters. The molecule has 0 radical (unpaired) electrons. The summed E-state index contributed by atoms with van der Waals surface area (Å²) in [4.78, 5) is 0. The predicted molar refractivity (Wildman–Crippen MR) is 55.5 cm³/mol. The molecule has 0 N–H and O–H groups in total. The third kappa shape index (κ3) is 2.00. The van der Waals surface area contributed by atoms with E-state index in [1.165, 1.54) is 0 Å². The lowest BCUT2D eigenvalue weighted by atomic mass is 9.88. The van der Waals surface area contributed by atoms with Gasteiger partial charge in [-0.05, 0) is 40.6 Å². The van der Waals surface area contributed by atoms with Crippen molar-refractivity contribution in [3.63, 3.8) is 0 Å². The summed E-state index contributed by atoms with van der Waals surface area (Å²) in [7, 11) is -0.403. The van der Waals surface area contributed by atoms with E-state index in [0.29, 0.717) is 5.57 Å². The van der Waals surface area contributed by atoms with Gasteiger partial charge < -0.3 is 9.31 Å². The van der Waals surface area contributed by atoms with Crippen molar-refractivity contribution in [2.75, 3.05) is 0 Å². The smallest absolute Gasteiger partial charge is 0.400 e. The minimum absolute atomic E-state index is 0.329. The average molecular weight is 193 g/mol. The van der Waals surface area contributed by atoms with Crippen LogP contribution in [0.25, 0.3) is 0 Å². The van der Waals surface area contributed by atoms with Crippen molar-refractivity contribution in [2.45, 2.75) is 45.8 Å². The maximum atomic E-state index is 8.63. The minimum Gasteiger partial charge on any atom is -0.400 e. The van der Waals surface area contributed by atoms with Crippen LogP contribution in [0.1, 0.15) is 34.6 Å². The van der Waals surface area contributed by atoms with Gasteiger partial charge in [0.1, 0.15) is 0 Å². The highest BCUT2D eigenvalue weighted by atomic mass is 16.7. The molecule has 14 heavy (non-hydrogen) atoms. The molecule has 4 heteroatoms. The summed E-state index contributed by atoms with van der Waals surface area (Å²) in [5.74, 6) is 1.70. The lowest BCUT2D eigenvalue weighted by Crippen LogP contribution is -2.41. The van der Waals surface area contributed by atoms with Crippen molar-refractivity contribution in [2.24, 2.45) is 0 Å². The summed E-state index contributed by atoms with van der Waals surface area (Å²) in [6.07, 6.45) is 0. The Hall–Kier alpha value is -0.785. The zero-order valence-corrected chi connectivity index (χ0v) is 9.42. The summed E-state index contributed by atoms with van der Waals surface area (Å²) < 4.78 is 11.4. The molecule has 1 saturated heterocycles. The molecular formula is C10H16BNO2. The number of nitrogens with zero attached hydrogens (tertiary/aromatic N) is 1. The van der Waals surface area contributed by atoms with Crippen molar-refractivity contribution in [1.29, 1.82) is 5.26 Å². The summed E-state index contributed by atoms with van der Waals surface area (Å²) in [6, 6.07) is 2.05. The highest BCUT2D eigenvalue weighted by Crippen LogP contribution is 2.37. The molecule has 0 amide bonds. The van der Waals surface area contributed by atoms with Crippen molar-refractivity contribution in [3.8, 4) is 6.07 Å².